The minimum Gasteiger partial charge on any atom is -0.484 e. The van der Waals surface area contributed by atoms with Gasteiger partial charge in [-0.15, -0.1) is 0 Å². The Morgan fingerprint density at radius 1 is 1.19 bits per heavy atom. The number of benzene rings is 2. The second-order valence-electron chi connectivity index (χ2n) is 4.58. The third-order valence-corrected chi connectivity index (χ3v) is 3.74. The molecule has 0 atom stereocenters. The quantitative estimate of drug-likeness (QED) is 0.823. The lowest BCUT2D eigenvalue weighted by Gasteiger charge is -2.18. The number of rotatable bonds is 5. The van der Waals surface area contributed by atoms with E-state index in [4.69, 9.17) is 4.74 Å². The van der Waals surface area contributed by atoms with Gasteiger partial charge in [0.1, 0.15) is 11.6 Å². The monoisotopic (exact) mass is 351 g/mol. The van der Waals surface area contributed by atoms with Crippen LogP contribution in [0.4, 0.5) is 4.39 Å². The predicted octanol–water partition coefficient (Wildman–Crippen LogP) is 3.63. The van der Waals surface area contributed by atoms with Crippen LogP contribution in [0.2, 0.25) is 0 Å². The van der Waals surface area contributed by atoms with Crippen LogP contribution in [0, 0.1) is 5.82 Å². The molecule has 0 heterocycles. The molecule has 0 saturated carbocycles. The Bertz CT molecular complexity index is 616. The molecule has 0 unspecified atom stereocenters. The van der Waals surface area contributed by atoms with Crippen LogP contribution in [0.25, 0.3) is 0 Å². The van der Waals surface area contributed by atoms with Gasteiger partial charge in [-0.2, -0.15) is 0 Å². The van der Waals surface area contributed by atoms with E-state index in [-0.39, 0.29) is 18.3 Å². The molecule has 0 saturated heterocycles. The summed E-state index contributed by atoms with van der Waals surface area (Å²) < 4.78 is 19.1. The number of hydrogen-bond donors (Lipinski definition) is 0. The van der Waals surface area contributed by atoms with Gasteiger partial charge >= 0.3 is 0 Å². The molecule has 0 aliphatic heterocycles. The minimum absolute atomic E-state index is 0.0768. The molecule has 0 aliphatic rings. The van der Waals surface area contributed by atoms with E-state index in [1.165, 1.54) is 24.3 Å². The normalized spacial score (nSPS) is 10.2. The minimum atomic E-state index is -0.334. The number of likely N-dealkylation sites (N-methyl/N-ethyl adjacent to an activating group) is 1. The first kappa shape index (κ1) is 15.5. The van der Waals surface area contributed by atoms with Crippen LogP contribution in [-0.4, -0.2) is 24.5 Å². The number of carbonyl (C=O) groups excluding carboxylic acids is 1. The Balaban J connectivity index is 1.88. The molecular formula is C16H15BrFNO2. The van der Waals surface area contributed by atoms with Gasteiger partial charge in [-0.05, 0) is 35.9 Å². The van der Waals surface area contributed by atoms with Crippen molar-refractivity contribution in [3.05, 3.63) is 64.4 Å². The summed E-state index contributed by atoms with van der Waals surface area (Å²) in [6.07, 6.45) is 0. The summed E-state index contributed by atoms with van der Waals surface area (Å²) in [5, 5.41) is 0. The molecule has 0 N–H and O–H groups in total. The highest BCUT2D eigenvalue weighted by Crippen LogP contribution is 2.17. The average molecular weight is 352 g/mol. The Kier molecular flexibility index (Phi) is 5.33. The highest BCUT2D eigenvalue weighted by molar-refractivity contribution is 9.10. The standard InChI is InChI=1S/C16H15BrFNO2/c1-19(10-12-4-2-3-5-15(12)17)16(20)11-21-14-8-6-13(18)7-9-14/h2-9H,10-11H2,1H3. The zero-order valence-electron chi connectivity index (χ0n) is 11.6. The van der Waals surface area contributed by atoms with Crippen LogP contribution in [0.1, 0.15) is 5.56 Å². The van der Waals surface area contributed by atoms with Crippen LogP contribution in [-0.2, 0) is 11.3 Å². The van der Waals surface area contributed by atoms with E-state index in [1.54, 1.807) is 11.9 Å². The van der Waals surface area contributed by atoms with Gasteiger partial charge in [0.15, 0.2) is 6.61 Å². The molecule has 3 nitrogen and oxygen atoms in total. The molecule has 0 radical (unpaired) electrons. The van der Waals surface area contributed by atoms with Crippen molar-refractivity contribution in [2.75, 3.05) is 13.7 Å². The van der Waals surface area contributed by atoms with Gasteiger partial charge in [0.25, 0.3) is 5.91 Å². The molecule has 0 fully saturated rings. The summed E-state index contributed by atoms with van der Waals surface area (Å²) in [6, 6.07) is 13.3. The van der Waals surface area contributed by atoms with Gasteiger partial charge in [0.05, 0.1) is 0 Å². The first-order valence-corrected chi connectivity index (χ1v) is 7.21. The molecule has 0 spiro atoms. The van der Waals surface area contributed by atoms with Gasteiger partial charge in [0, 0.05) is 18.1 Å². The topological polar surface area (TPSA) is 29.5 Å². The molecule has 1 amide bonds. The molecule has 2 rings (SSSR count). The van der Waals surface area contributed by atoms with Crippen molar-refractivity contribution in [3.63, 3.8) is 0 Å². The Morgan fingerprint density at radius 3 is 2.52 bits per heavy atom. The molecule has 0 bridgehead atoms. The largest absolute Gasteiger partial charge is 0.484 e. The van der Waals surface area contributed by atoms with E-state index >= 15 is 0 Å². The second kappa shape index (κ2) is 7.22. The fourth-order valence-electron chi connectivity index (χ4n) is 1.76. The van der Waals surface area contributed by atoms with Crippen molar-refractivity contribution < 1.29 is 13.9 Å². The highest BCUT2D eigenvalue weighted by atomic mass is 79.9. The summed E-state index contributed by atoms with van der Waals surface area (Å²) in [6.45, 7) is 0.416. The highest BCUT2D eigenvalue weighted by Gasteiger charge is 2.11. The van der Waals surface area contributed by atoms with Crippen LogP contribution in [0.5, 0.6) is 5.75 Å². The Labute approximate surface area is 131 Å². The van der Waals surface area contributed by atoms with Gasteiger partial charge in [-0.25, -0.2) is 4.39 Å². The van der Waals surface area contributed by atoms with Crippen LogP contribution < -0.4 is 4.74 Å². The van der Waals surface area contributed by atoms with E-state index in [9.17, 15) is 9.18 Å². The van der Waals surface area contributed by atoms with Crippen LogP contribution in [0.3, 0.4) is 0 Å². The van der Waals surface area contributed by atoms with E-state index in [1.807, 2.05) is 24.3 Å². The maximum Gasteiger partial charge on any atom is 0.260 e. The van der Waals surface area contributed by atoms with E-state index in [0.29, 0.717) is 12.3 Å². The average Bonchev–Trinajstić information content (AvgIpc) is 2.48. The van der Waals surface area contributed by atoms with Gasteiger partial charge in [-0.1, -0.05) is 34.1 Å². The fourth-order valence-corrected chi connectivity index (χ4v) is 2.17. The fraction of sp³-hybridized carbons (Fsp3) is 0.188. The van der Waals surface area contributed by atoms with Crippen LogP contribution in [0.15, 0.2) is 53.0 Å². The number of ether oxygens (including phenoxy) is 1. The van der Waals surface area contributed by atoms with Crippen molar-refractivity contribution in [2.45, 2.75) is 6.54 Å². The first-order chi connectivity index (χ1) is 10.1. The third kappa shape index (κ3) is 4.56. The predicted molar refractivity (Wildman–Crippen MR) is 82.5 cm³/mol. The Hall–Kier alpha value is -1.88. The maximum absolute atomic E-state index is 12.8. The first-order valence-electron chi connectivity index (χ1n) is 6.42. The molecule has 2 aromatic rings. The number of carbonyl (C=O) groups is 1. The molecule has 0 aliphatic carbocycles. The van der Waals surface area contributed by atoms with Crippen molar-refractivity contribution in [1.29, 1.82) is 0 Å². The zero-order chi connectivity index (χ0) is 15.2. The maximum atomic E-state index is 12.8. The summed E-state index contributed by atoms with van der Waals surface area (Å²) in [5.74, 6) is -0.00570. The molecule has 2 aromatic carbocycles. The number of hydrogen-bond acceptors (Lipinski definition) is 2. The molecule has 110 valence electrons. The van der Waals surface area contributed by atoms with E-state index in [0.717, 1.165) is 10.0 Å². The van der Waals surface area contributed by atoms with E-state index in [2.05, 4.69) is 15.9 Å². The molecule has 21 heavy (non-hydrogen) atoms. The summed E-state index contributed by atoms with van der Waals surface area (Å²) in [7, 11) is 1.72. The van der Waals surface area contributed by atoms with Gasteiger partial charge in [-0.3, -0.25) is 4.79 Å². The smallest absolute Gasteiger partial charge is 0.260 e. The van der Waals surface area contributed by atoms with Gasteiger partial charge < -0.3 is 9.64 Å². The summed E-state index contributed by atoms with van der Waals surface area (Å²) in [4.78, 5) is 13.6. The van der Waals surface area contributed by atoms with E-state index < -0.39 is 0 Å². The molecular weight excluding hydrogens is 337 g/mol. The van der Waals surface area contributed by atoms with Gasteiger partial charge in [0.2, 0.25) is 0 Å². The Morgan fingerprint density at radius 2 is 1.86 bits per heavy atom. The lowest BCUT2D eigenvalue weighted by Crippen LogP contribution is -2.31. The van der Waals surface area contributed by atoms with Crippen LogP contribution >= 0.6 is 15.9 Å². The zero-order valence-corrected chi connectivity index (χ0v) is 13.1. The summed E-state index contributed by atoms with van der Waals surface area (Å²) >= 11 is 3.45. The van der Waals surface area contributed by atoms with Crippen molar-refractivity contribution in [1.82, 2.24) is 4.90 Å². The van der Waals surface area contributed by atoms with Crippen molar-refractivity contribution in [2.24, 2.45) is 0 Å². The lowest BCUT2D eigenvalue weighted by atomic mass is 10.2. The summed E-state index contributed by atoms with van der Waals surface area (Å²) in [5.41, 5.74) is 1.02. The number of nitrogens with zero attached hydrogens (tertiary/aromatic N) is 1. The number of halogens is 2. The van der Waals surface area contributed by atoms with Crippen molar-refractivity contribution in [3.8, 4) is 5.75 Å². The lowest BCUT2D eigenvalue weighted by molar-refractivity contribution is -0.132. The van der Waals surface area contributed by atoms with Crippen molar-refractivity contribution >= 4 is 21.8 Å². The SMILES string of the molecule is CN(Cc1ccccc1Br)C(=O)COc1ccc(F)cc1. The molecule has 0 aromatic heterocycles. The number of amides is 1. The second-order valence-corrected chi connectivity index (χ2v) is 5.44. The molecule has 5 heteroatoms. The third-order valence-electron chi connectivity index (χ3n) is 2.97.